The summed E-state index contributed by atoms with van der Waals surface area (Å²) < 4.78 is 0. The summed E-state index contributed by atoms with van der Waals surface area (Å²) in [6.45, 7) is 17.6. The molecule has 1 aromatic heterocycles. The minimum atomic E-state index is -0.559. The zero-order valence-electron chi connectivity index (χ0n) is 9.29. The molecular formula is C6H18P4Si3. The highest BCUT2D eigenvalue weighted by Crippen LogP contribution is 3.15. The molecule has 4 heterocycles. The van der Waals surface area contributed by atoms with Crippen LogP contribution in [-0.2, 0) is 0 Å². The van der Waals surface area contributed by atoms with E-state index < -0.39 is 22.2 Å². The first-order valence-electron chi connectivity index (χ1n) is 4.94. The summed E-state index contributed by atoms with van der Waals surface area (Å²) in [6.07, 6.45) is 2.45. The molecule has 7 heteroatoms. The molecule has 0 atom stereocenters. The third kappa shape index (κ3) is 0.872. The first kappa shape index (κ1) is 10.2. The van der Waals surface area contributed by atoms with Gasteiger partial charge in [0.15, 0.2) is 0 Å². The number of rotatable bonds is 0. The van der Waals surface area contributed by atoms with Crippen molar-refractivity contribution in [2.75, 3.05) is 0 Å². The van der Waals surface area contributed by atoms with Gasteiger partial charge in [0.2, 0.25) is 0 Å². The molecule has 0 aromatic carbocycles. The van der Waals surface area contributed by atoms with Crippen molar-refractivity contribution in [1.29, 1.82) is 0 Å². The average molecular weight is 298 g/mol. The monoisotopic (exact) mass is 298 g/mol. The molecule has 1 aromatic rings. The molecule has 74 valence electrons. The van der Waals surface area contributed by atoms with Crippen LogP contribution in [0, 0.1) is 0 Å². The Balaban J connectivity index is 2.30. The zero-order valence-corrected chi connectivity index (χ0v) is 15.9. The summed E-state index contributed by atoms with van der Waals surface area (Å²) in [4.78, 5) is 0. The summed E-state index contributed by atoms with van der Waals surface area (Å²) in [5.41, 5.74) is 0. The van der Waals surface area contributed by atoms with Gasteiger partial charge in [-0.25, -0.2) is 0 Å². The maximum absolute atomic E-state index is 2.81. The molecule has 3 aliphatic heterocycles. The molecule has 0 fully saturated rings. The van der Waals surface area contributed by atoms with Crippen LogP contribution in [0.3, 0.4) is 0 Å². The summed E-state index contributed by atoms with van der Waals surface area (Å²) in [5.74, 6) is 0. The third-order valence-electron chi connectivity index (χ3n) is 3.62. The lowest BCUT2D eigenvalue weighted by atomic mass is 11.9. The molecule has 0 unspecified atom stereocenters. The van der Waals surface area contributed by atoms with Crippen LogP contribution >= 0.6 is 25.9 Å². The smallest absolute Gasteiger partial charge is 0.113 e. The summed E-state index contributed by atoms with van der Waals surface area (Å²) in [6, 6.07) is 0. The highest BCUT2D eigenvalue weighted by Gasteiger charge is 2.74. The Morgan fingerprint density at radius 3 is 0.846 bits per heavy atom. The van der Waals surface area contributed by atoms with E-state index in [0.717, 1.165) is 25.9 Å². The van der Waals surface area contributed by atoms with Crippen LogP contribution in [0.4, 0.5) is 0 Å². The molecule has 4 rings (SSSR count). The predicted molar refractivity (Wildman–Crippen MR) is 80.1 cm³/mol. The number of hydrogen-bond donors (Lipinski definition) is 0. The van der Waals surface area contributed by atoms with E-state index in [1.54, 1.807) is 0 Å². The van der Waals surface area contributed by atoms with Gasteiger partial charge in [-0.1, -0.05) is 39.3 Å². The van der Waals surface area contributed by atoms with Gasteiger partial charge in [0, 0.05) is 0 Å². The van der Waals surface area contributed by atoms with E-state index >= 15 is 0 Å². The predicted octanol–water partition coefficient (Wildman–Crippen LogP) is 5.81. The SMILES string of the molecule is C[Si]1(C)P2[Si](C)(C)p3p1p3[Si]2(C)C. The number of hydrogen-bond acceptors (Lipinski definition) is 0. The molecule has 0 saturated carbocycles. The Hall–Kier alpha value is 1.98. The second-order valence-electron chi connectivity index (χ2n) is 5.69. The summed E-state index contributed by atoms with van der Waals surface area (Å²) in [7, 11) is -1.68. The van der Waals surface area contributed by atoms with E-state index in [4.69, 9.17) is 0 Å². The van der Waals surface area contributed by atoms with Gasteiger partial charge >= 0.3 is 0 Å². The van der Waals surface area contributed by atoms with Crippen molar-refractivity contribution in [3.8, 4) is 0 Å². The minimum absolute atomic E-state index is 0.559. The molecule has 0 N–H and O–H groups in total. The minimum Gasteiger partial charge on any atom is -0.113 e. The van der Waals surface area contributed by atoms with Crippen molar-refractivity contribution in [3.05, 3.63) is 0 Å². The van der Waals surface area contributed by atoms with Gasteiger partial charge in [0.25, 0.3) is 0 Å². The van der Waals surface area contributed by atoms with Crippen molar-refractivity contribution in [1.82, 2.24) is 0 Å². The average Bonchev–Trinajstić information content (AvgIpc) is 2.43. The van der Waals surface area contributed by atoms with E-state index in [1.807, 2.05) is 0 Å². The van der Waals surface area contributed by atoms with Gasteiger partial charge in [-0.3, -0.25) is 0 Å². The van der Waals surface area contributed by atoms with E-state index in [2.05, 4.69) is 39.3 Å². The lowest BCUT2D eigenvalue weighted by molar-refractivity contribution is 2.02. The molecule has 0 aliphatic carbocycles. The Morgan fingerprint density at radius 1 is 0.538 bits per heavy atom. The maximum Gasteiger partial charge on any atom is 0.130 e. The fourth-order valence-electron chi connectivity index (χ4n) is 3.79. The molecule has 0 amide bonds. The van der Waals surface area contributed by atoms with E-state index in [-0.39, 0.29) is 0 Å². The standard InChI is InChI=1S/C6H18P4Si3/c1-11(2)7-8-9(7)13(5,6)10(11)12(8,3)4/h1-6H3. The normalized spacial score (nSPS) is 40.2. The van der Waals surface area contributed by atoms with Gasteiger partial charge in [-0.05, 0) is 0 Å². The van der Waals surface area contributed by atoms with Crippen LogP contribution in [0.25, 0.3) is 0 Å². The maximum atomic E-state index is 2.81. The fraction of sp³-hybridized carbons (Fsp3) is 1.00. The second kappa shape index (κ2) is 2.30. The van der Waals surface area contributed by atoms with Gasteiger partial charge in [-0.15, -0.1) is 25.9 Å². The van der Waals surface area contributed by atoms with Crippen LogP contribution < -0.4 is 0 Å². The van der Waals surface area contributed by atoms with E-state index in [1.165, 1.54) is 0 Å². The molecule has 0 saturated heterocycles. The summed E-state index contributed by atoms with van der Waals surface area (Å²) >= 11 is 0. The highest BCUT2D eigenvalue weighted by molar-refractivity contribution is 9.14. The van der Waals surface area contributed by atoms with Gasteiger partial charge in [0.1, 0.15) is 22.2 Å². The Bertz CT molecular complexity index is 324. The second-order valence-corrected chi connectivity index (χ2v) is 69.3. The van der Waals surface area contributed by atoms with Gasteiger partial charge in [0.05, 0.1) is 0 Å². The molecule has 0 radical (unpaired) electrons. The van der Waals surface area contributed by atoms with Crippen LogP contribution in [0.5, 0.6) is 0 Å². The third-order valence-corrected chi connectivity index (χ3v) is 151. The van der Waals surface area contributed by atoms with Crippen LogP contribution in [0.15, 0.2) is 0 Å². The molecule has 0 spiro atoms. The molecule has 13 heavy (non-hydrogen) atoms. The first-order valence-corrected chi connectivity index (χ1v) is 26.5. The van der Waals surface area contributed by atoms with Crippen molar-refractivity contribution >= 4 is 48.1 Å². The van der Waals surface area contributed by atoms with Gasteiger partial charge < -0.3 is 0 Å². The topological polar surface area (TPSA) is 0 Å². The summed E-state index contributed by atoms with van der Waals surface area (Å²) in [5, 5.41) is 0. The van der Waals surface area contributed by atoms with Crippen molar-refractivity contribution in [3.63, 3.8) is 0 Å². The highest BCUT2D eigenvalue weighted by atomic mass is 32.9. The molecular weight excluding hydrogens is 280 g/mol. The van der Waals surface area contributed by atoms with Crippen molar-refractivity contribution in [2.45, 2.75) is 39.3 Å². The van der Waals surface area contributed by atoms with E-state index in [9.17, 15) is 0 Å². The quantitative estimate of drug-likeness (QED) is 0.419. The fourth-order valence-corrected chi connectivity index (χ4v) is 351. The first-order chi connectivity index (χ1) is 5.73. The Labute approximate surface area is 87.2 Å². The lowest BCUT2D eigenvalue weighted by Gasteiger charge is -2.34. The molecule has 3 aliphatic rings. The molecule has 4 bridgehead atoms. The van der Waals surface area contributed by atoms with Crippen LogP contribution in [0.1, 0.15) is 0 Å². The largest absolute Gasteiger partial charge is 0.130 e. The van der Waals surface area contributed by atoms with Crippen LogP contribution in [0.2, 0.25) is 39.3 Å². The zero-order chi connectivity index (χ0) is 9.81. The van der Waals surface area contributed by atoms with Crippen LogP contribution in [-0.4, -0.2) is 22.2 Å². The Kier molecular flexibility index (Phi) is 1.80. The van der Waals surface area contributed by atoms with Crippen molar-refractivity contribution in [2.24, 2.45) is 0 Å². The van der Waals surface area contributed by atoms with Crippen molar-refractivity contribution < 1.29 is 0 Å². The van der Waals surface area contributed by atoms with Gasteiger partial charge in [-0.2, -0.15) is 0 Å². The molecule has 0 nitrogen and oxygen atoms in total. The Morgan fingerprint density at radius 2 is 0.769 bits per heavy atom. The van der Waals surface area contributed by atoms with E-state index in [0.29, 0.717) is 0 Å². The lowest BCUT2D eigenvalue weighted by Crippen LogP contribution is -2.32.